The molecule has 0 atom stereocenters. The fourth-order valence-corrected chi connectivity index (χ4v) is 1.69. The van der Waals surface area contributed by atoms with Crippen LogP contribution in [0.25, 0.3) is 0 Å². The first-order valence-corrected chi connectivity index (χ1v) is 5.81. The minimum absolute atomic E-state index is 0.319. The molecule has 1 amide bonds. The molecule has 1 aromatic carbocycles. The van der Waals surface area contributed by atoms with Crippen molar-refractivity contribution in [1.82, 2.24) is 4.98 Å². The summed E-state index contributed by atoms with van der Waals surface area (Å²) in [7, 11) is 1.75. The van der Waals surface area contributed by atoms with E-state index in [2.05, 4.69) is 15.6 Å². The second-order valence-electron chi connectivity index (χ2n) is 4.15. The minimum atomic E-state index is -0.376. The van der Waals surface area contributed by atoms with E-state index in [-0.39, 0.29) is 11.7 Å². The maximum atomic E-state index is 13.2. The zero-order valence-corrected chi connectivity index (χ0v) is 10.7. The van der Waals surface area contributed by atoms with E-state index < -0.39 is 0 Å². The summed E-state index contributed by atoms with van der Waals surface area (Å²) >= 11 is 0. The molecule has 0 bridgehead atoms. The average Bonchev–Trinajstić information content (AvgIpc) is 2.37. The summed E-state index contributed by atoms with van der Waals surface area (Å²) in [5, 5.41) is 5.50. The molecule has 2 aromatic rings. The Morgan fingerprint density at radius 1 is 1.26 bits per heavy atom. The van der Waals surface area contributed by atoms with E-state index in [1.54, 1.807) is 32.2 Å². The number of hydrogen-bond donors (Lipinski definition) is 2. The summed E-state index contributed by atoms with van der Waals surface area (Å²) in [6.07, 6.45) is 1.47. The summed E-state index contributed by atoms with van der Waals surface area (Å²) in [6, 6.07) is 7.74. The van der Waals surface area contributed by atoms with Gasteiger partial charge < -0.3 is 10.6 Å². The Morgan fingerprint density at radius 2 is 2.05 bits per heavy atom. The lowest BCUT2D eigenvalue weighted by Crippen LogP contribution is -2.12. The van der Waals surface area contributed by atoms with Crippen LogP contribution < -0.4 is 10.6 Å². The van der Waals surface area contributed by atoms with E-state index in [1.807, 2.05) is 0 Å². The summed E-state index contributed by atoms with van der Waals surface area (Å²) in [5.74, 6) is -0.0164. The molecular weight excluding hydrogens is 245 g/mol. The fraction of sp³-hybridized carbons (Fsp3) is 0.143. The summed E-state index contributed by atoms with van der Waals surface area (Å²) in [6.45, 7) is 1.77. The van der Waals surface area contributed by atoms with Crippen molar-refractivity contribution in [2.24, 2.45) is 0 Å². The van der Waals surface area contributed by atoms with Gasteiger partial charge in [0.2, 0.25) is 0 Å². The SMILES string of the molecule is CNc1ccc(C(=O)Nc2cc(C)cc(F)c2)cn1. The lowest BCUT2D eigenvalue weighted by atomic mass is 10.2. The van der Waals surface area contributed by atoms with Gasteiger partial charge in [-0.2, -0.15) is 0 Å². The largest absolute Gasteiger partial charge is 0.373 e. The van der Waals surface area contributed by atoms with Gasteiger partial charge >= 0.3 is 0 Å². The third kappa shape index (κ3) is 3.28. The molecule has 0 radical (unpaired) electrons. The van der Waals surface area contributed by atoms with Gasteiger partial charge in [0.25, 0.3) is 5.91 Å². The van der Waals surface area contributed by atoms with Crippen molar-refractivity contribution >= 4 is 17.4 Å². The maximum absolute atomic E-state index is 13.2. The number of pyridine rings is 1. The topological polar surface area (TPSA) is 54.0 Å². The first-order chi connectivity index (χ1) is 9.08. The molecule has 0 unspecified atom stereocenters. The number of aromatic nitrogens is 1. The number of nitrogens with zero attached hydrogens (tertiary/aromatic N) is 1. The van der Waals surface area contributed by atoms with Crippen LogP contribution in [0.2, 0.25) is 0 Å². The molecule has 19 heavy (non-hydrogen) atoms. The van der Waals surface area contributed by atoms with E-state index >= 15 is 0 Å². The van der Waals surface area contributed by atoms with Crippen molar-refractivity contribution < 1.29 is 9.18 Å². The second kappa shape index (κ2) is 5.48. The highest BCUT2D eigenvalue weighted by Gasteiger charge is 2.07. The first kappa shape index (κ1) is 13.0. The normalized spacial score (nSPS) is 10.1. The zero-order valence-electron chi connectivity index (χ0n) is 10.7. The lowest BCUT2D eigenvalue weighted by Gasteiger charge is -2.07. The average molecular weight is 259 g/mol. The quantitative estimate of drug-likeness (QED) is 0.891. The predicted molar refractivity (Wildman–Crippen MR) is 72.9 cm³/mol. The molecular formula is C14H14FN3O. The van der Waals surface area contributed by atoms with Gasteiger partial charge in [0.05, 0.1) is 5.56 Å². The van der Waals surface area contributed by atoms with Crippen LogP contribution in [0.4, 0.5) is 15.9 Å². The Balaban J connectivity index is 2.15. The fourth-order valence-electron chi connectivity index (χ4n) is 1.69. The minimum Gasteiger partial charge on any atom is -0.373 e. The monoisotopic (exact) mass is 259 g/mol. The Bertz CT molecular complexity index is 576. The summed E-state index contributed by atoms with van der Waals surface area (Å²) in [4.78, 5) is 16.0. The van der Waals surface area contributed by atoms with Crippen molar-refractivity contribution in [2.75, 3.05) is 17.7 Å². The van der Waals surface area contributed by atoms with Crippen molar-refractivity contribution in [3.05, 3.63) is 53.5 Å². The zero-order chi connectivity index (χ0) is 13.8. The maximum Gasteiger partial charge on any atom is 0.257 e. The van der Waals surface area contributed by atoms with Gasteiger partial charge in [-0.25, -0.2) is 9.37 Å². The molecule has 0 aliphatic carbocycles. The van der Waals surface area contributed by atoms with Crippen LogP contribution in [-0.2, 0) is 0 Å². The number of rotatable bonds is 3. The van der Waals surface area contributed by atoms with Gasteiger partial charge in [0.1, 0.15) is 11.6 Å². The third-order valence-corrected chi connectivity index (χ3v) is 2.58. The van der Waals surface area contributed by atoms with Gasteiger partial charge in [0, 0.05) is 18.9 Å². The molecule has 0 saturated carbocycles. The molecule has 2 N–H and O–H groups in total. The first-order valence-electron chi connectivity index (χ1n) is 5.81. The third-order valence-electron chi connectivity index (χ3n) is 2.58. The van der Waals surface area contributed by atoms with Gasteiger partial charge in [-0.3, -0.25) is 4.79 Å². The van der Waals surface area contributed by atoms with Crippen LogP contribution in [0.3, 0.4) is 0 Å². The molecule has 0 fully saturated rings. The number of hydrogen-bond acceptors (Lipinski definition) is 3. The Labute approximate surface area is 110 Å². The van der Waals surface area contributed by atoms with Crippen molar-refractivity contribution in [1.29, 1.82) is 0 Å². The van der Waals surface area contributed by atoms with Gasteiger partial charge in [-0.1, -0.05) is 0 Å². The smallest absolute Gasteiger partial charge is 0.257 e. The second-order valence-corrected chi connectivity index (χ2v) is 4.15. The molecule has 0 spiro atoms. The van der Waals surface area contributed by atoms with Crippen LogP contribution in [0.5, 0.6) is 0 Å². The number of amides is 1. The molecule has 1 aromatic heterocycles. The molecule has 2 rings (SSSR count). The van der Waals surface area contributed by atoms with Crippen molar-refractivity contribution in [2.45, 2.75) is 6.92 Å². The highest BCUT2D eigenvalue weighted by Crippen LogP contribution is 2.14. The highest BCUT2D eigenvalue weighted by molar-refractivity contribution is 6.04. The van der Waals surface area contributed by atoms with Crippen LogP contribution in [0.1, 0.15) is 15.9 Å². The van der Waals surface area contributed by atoms with E-state index in [1.165, 1.54) is 18.3 Å². The molecule has 5 heteroatoms. The lowest BCUT2D eigenvalue weighted by molar-refractivity contribution is 0.102. The molecule has 0 saturated heterocycles. The molecule has 0 aliphatic rings. The van der Waals surface area contributed by atoms with E-state index in [0.29, 0.717) is 17.1 Å². The number of carbonyl (C=O) groups is 1. The molecule has 98 valence electrons. The molecule has 4 nitrogen and oxygen atoms in total. The Kier molecular flexibility index (Phi) is 3.75. The summed E-state index contributed by atoms with van der Waals surface area (Å²) in [5.41, 5.74) is 1.60. The molecule has 1 heterocycles. The van der Waals surface area contributed by atoms with E-state index in [4.69, 9.17) is 0 Å². The van der Waals surface area contributed by atoms with Crippen molar-refractivity contribution in [3.8, 4) is 0 Å². The number of aryl methyl sites for hydroxylation is 1. The van der Waals surface area contributed by atoms with E-state index in [0.717, 1.165) is 5.56 Å². The van der Waals surface area contributed by atoms with Crippen molar-refractivity contribution in [3.63, 3.8) is 0 Å². The van der Waals surface area contributed by atoms with Crippen LogP contribution in [-0.4, -0.2) is 17.9 Å². The Morgan fingerprint density at radius 3 is 2.63 bits per heavy atom. The predicted octanol–water partition coefficient (Wildman–Crippen LogP) is 2.82. The standard InChI is InChI=1S/C14H14FN3O/c1-9-5-11(15)7-12(6-9)18-14(19)10-3-4-13(16-2)17-8-10/h3-8H,1-2H3,(H,16,17)(H,18,19). The molecule has 0 aliphatic heterocycles. The number of anilines is 2. The number of carbonyl (C=O) groups excluding carboxylic acids is 1. The number of nitrogens with one attached hydrogen (secondary N) is 2. The highest BCUT2D eigenvalue weighted by atomic mass is 19.1. The Hall–Kier alpha value is -2.43. The van der Waals surface area contributed by atoms with Gasteiger partial charge in [0.15, 0.2) is 0 Å². The van der Waals surface area contributed by atoms with Crippen LogP contribution in [0.15, 0.2) is 36.5 Å². The van der Waals surface area contributed by atoms with Gasteiger partial charge in [-0.15, -0.1) is 0 Å². The number of halogens is 1. The van der Waals surface area contributed by atoms with Crippen LogP contribution >= 0.6 is 0 Å². The van der Waals surface area contributed by atoms with Crippen LogP contribution in [0, 0.1) is 12.7 Å². The van der Waals surface area contributed by atoms with Gasteiger partial charge in [-0.05, 0) is 42.8 Å². The number of benzene rings is 1. The van der Waals surface area contributed by atoms with E-state index in [9.17, 15) is 9.18 Å². The summed E-state index contributed by atoms with van der Waals surface area (Å²) < 4.78 is 13.2.